The van der Waals surface area contributed by atoms with E-state index in [1.54, 1.807) is 0 Å². The second kappa shape index (κ2) is 6.22. The van der Waals surface area contributed by atoms with Crippen molar-refractivity contribution in [2.24, 2.45) is 0 Å². The van der Waals surface area contributed by atoms with Crippen LogP contribution in [0, 0.1) is 0 Å². The van der Waals surface area contributed by atoms with Crippen molar-refractivity contribution in [2.45, 2.75) is 7.90 Å². The molecule has 0 amide bonds. The Morgan fingerprint density at radius 2 is 1.43 bits per heavy atom. The predicted octanol–water partition coefficient (Wildman–Crippen LogP) is -0.391. The molecule has 0 aromatic heterocycles. The minimum atomic E-state index is -4.44. The van der Waals surface area contributed by atoms with Gasteiger partial charge in [-0.1, -0.05) is 69.6 Å². The summed E-state index contributed by atoms with van der Waals surface area (Å²) in [4.78, 5) is 0. The molecular weight excluding hydrogens is 338 g/mol. The second-order valence-corrected chi connectivity index (χ2v) is 7.32. The van der Waals surface area contributed by atoms with Crippen molar-refractivity contribution in [2.75, 3.05) is 0 Å². The topological polar surface area (TPSA) is 55.4 Å². The molecule has 0 aliphatic carbocycles. The van der Waals surface area contributed by atoms with Gasteiger partial charge in [-0.15, -0.1) is 4.72 Å². The van der Waals surface area contributed by atoms with Crippen molar-refractivity contribution < 1.29 is 32.9 Å². The number of nitrogens with one attached hydrogen (secondary N) is 1. The first kappa shape index (κ1) is 18.6. The summed E-state index contributed by atoms with van der Waals surface area (Å²) in [7, 11) is -4.44. The van der Waals surface area contributed by atoms with Crippen LogP contribution in [0.3, 0.4) is 0 Å². The number of halogens is 6. The van der Waals surface area contributed by atoms with Gasteiger partial charge in [-0.05, 0) is 0 Å². The van der Waals surface area contributed by atoms with Crippen LogP contribution >= 0.6 is 69.6 Å². The van der Waals surface area contributed by atoms with Gasteiger partial charge in [0, 0.05) is 0 Å². The van der Waals surface area contributed by atoms with Crippen LogP contribution in [0.2, 0.25) is 0 Å². The molecule has 0 saturated carbocycles. The van der Waals surface area contributed by atoms with Crippen LogP contribution in [0.4, 0.5) is 0 Å². The molecule has 0 atom stereocenters. The summed E-state index contributed by atoms with van der Waals surface area (Å²) in [6.45, 7) is 0. The molecule has 0 heterocycles. The van der Waals surface area contributed by atoms with Gasteiger partial charge in [0.2, 0.25) is 0 Å². The fourth-order valence-corrected chi connectivity index (χ4v) is 2.46. The van der Waals surface area contributed by atoms with Crippen LogP contribution in [0.1, 0.15) is 1.43 Å². The molecule has 0 spiro atoms. The Kier molecular flexibility index (Phi) is 8.26. The van der Waals surface area contributed by atoms with E-state index < -0.39 is 18.2 Å². The van der Waals surface area contributed by atoms with Crippen molar-refractivity contribution in [3.63, 3.8) is 0 Å². The average molecular weight is 340 g/mol. The number of alkyl halides is 6. The van der Waals surface area contributed by atoms with Crippen molar-refractivity contribution in [3.8, 4) is 0 Å². The van der Waals surface area contributed by atoms with E-state index >= 15 is 0 Å². The monoisotopic (exact) mass is 337 g/mol. The maximum Gasteiger partial charge on any atom is 1.00 e. The van der Waals surface area contributed by atoms with E-state index in [-0.39, 0.29) is 20.3 Å². The molecular formula is C2H2Cl6LiNO3S. The number of hydrogen-bond donors (Lipinski definition) is 1. The molecule has 4 nitrogen and oxygen atoms in total. The van der Waals surface area contributed by atoms with E-state index in [2.05, 4.69) is 4.18 Å². The zero-order chi connectivity index (χ0) is 10.9. The summed E-state index contributed by atoms with van der Waals surface area (Å²) >= 11 is 30.3. The first-order chi connectivity index (χ1) is 5.41. The Morgan fingerprint density at radius 3 is 1.64 bits per heavy atom. The average Bonchev–Trinajstić information content (AvgIpc) is 1.43. The SMILES string of the molecule is O=S(=O)(NC(Cl)(Cl)Cl)OC(Cl)(Cl)Cl.[H-].[Li+]. The summed E-state index contributed by atoms with van der Waals surface area (Å²) in [5, 5.41) is 0. The summed E-state index contributed by atoms with van der Waals surface area (Å²) in [5.41, 5.74) is 0. The number of hydrogen-bond acceptors (Lipinski definition) is 3. The smallest absolute Gasteiger partial charge is 1.00 e. The van der Waals surface area contributed by atoms with Crippen molar-refractivity contribution in [1.82, 2.24) is 4.72 Å². The maximum atomic E-state index is 10.8. The van der Waals surface area contributed by atoms with E-state index in [4.69, 9.17) is 69.6 Å². The van der Waals surface area contributed by atoms with Gasteiger partial charge < -0.3 is 1.43 Å². The largest absolute Gasteiger partial charge is 1.00 e. The molecule has 0 unspecified atom stereocenters. The predicted molar refractivity (Wildman–Crippen MR) is 54.8 cm³/mol. The van der Waals surface area contributed by atoms with Gasteiger partial charge >= 0.3 is 33.1 Å². The minimum Gasteiger partial charge on any atom is -1.00 e. The molecule has 1 N–H and O–H groups in total. The molecule has 14 heavy (non-hydrogen) atoms. The first-order valence-electron chi connectivity index (χ1n) is 2.29. The van der Waals surface area contributed by atoms with Crippen LogP contribution in [-0.4, -0.2) is 16.3 Å². The van der Waals surface area contributed by atoms with Crippen LogP contribution in [0.15, 0.2) is 0 Å². The van der Waals surface area contributed by atoms with Gasteiger partial charge in [0.15, 0.2) is 0 Å². The molecule has 0 aliphatic rings. The molecule has 0 aromatic carbocycles. The normalized spacial score (nSPS) is 13.6. The quantitative estimate of drug-likeness (QED) is 0.423. The fourth-order valence-electron chi connectivity index (χ4n) is 0.287. The Balaban J connectivity index is -0.000000720. The molecule has 82 valence electrons. The molecule has 0 saturated heterocycles. The van der Waals surface area contributed by atoms with Gasteiger partial charge in [-0.3, -0.25) is 0 Å². The van der Waals surface area contributed by atoms with Crippen LogP contribution in [0.25, 0.3) is 0 Å². The van der Waals surface area contributed by atoms with E-state index in [9.17, 15) is 8.42 Å². The molecule has 0 bridgehead atoms. The van der Waals surface area contributed by atoms with Gasteiger partial charge in [0.25, 0.3) is 3.92 Å². The van der Waals surface area contributed by atoms with Gasteiger partial charge in [-0.2, -0.15) is 8.42 Å². The van der Waals surface area contributed by atoms with E-state index in [1.807, 2.05) is 0 Å². The van der Waals surface area contributed by atoms with Gasteiger partial charge in [0.05, 0.1) is 0 Å². The zero-order valence-corrected chi connectivity index (χ0v) is 11.8. The third kappa shape index (κ3) is 12.3. The summed E-state index contributed by atoms with van der Waals surface area (Å²) in [5.74, 6) is 0. The Labute approximate surface area is 124 Å². The Bertz CT molecular complexity index is 251. The standard InChI is InChI=1S/C2HCl6NO3S.Li.H/c3-1(4,5)9-13(10,11)12-2(6,7)8;;/h9H;;/q;+1;-1. The summed E-state index contributed by atoms with van der Waals surface area (Å²) < 4.78 is 22.3. The minimum absolute atomic E-state index is 0. The molecule has 0 rings (SSSR count). The molecule has 0 radical (unpaired) electrons. The number of rotatable bonds is 2. The maximum absolute atomic E-state index is 10.8. The van der Waals surface area contributed by atoms with Crippen LogP contribution in [0.5, 0.6) is 0 Å². The third-order valence-corrected chi connectivity index (χ3v) is 2.60. The molecule has 12 heteroatoms. The summed E-state index contributed by atoms with van der Waals surface area (Å²) in [6, 6.07) is 0. The summed E-state index contributed by atoms with van der Waals surface area (Å²) in [6.07, 6.45) is 0. The van der Waals surface area contributed by atoms with Crippen LogP contribution in [-0.2, 0) is 14.5 Å². The zero-order valence-electron chi connectivity index (χ0n) is 7.40. The van der Waals surface area contributed by atoms with E-state index in [0.29, 0.717) is 0 Å². The Hall–Kier alpha value is 2.21. The van der Waals surface area contributed by atoms with Crippen molar-refractivity contribution >= 4 is 79.9 Å². The molecule has 0 fully saturated rings. The van der Waals surface area contributed by atoms with Gasteiger partial charge in [-0.25, -0.2) is 4.18 Å². The van der Waals surface area contributed by atoms with Crippen LogP contribution < -0.4 is 23.6 Å². The third-order valence-electron chi connectivity index (χ3n) is 0.445. The second-order valence-electron chi connectivity index (χ2n) is 1.58. The fraction of sp³-hybridized carbons (Fsp3) is 1.00. The Morgan fingerprint density at radius 1 is 1.07 bits per heavy atom. The molecule has 0 aromatic rings. The van der Waals surface area contributed by atoms with Gasteiger partial charge in [0.1, 0.15) is 0 Å². The van der Waals surface area contributed by atoms with Crippen molar-refractivity contribution in [3.05, 3.63) is 0 Å². The van der Waals surface area contributed by atoms with E-state index in [1.165, 1.54) is 4.72 Å². The molecule has 0 aliphatic heterocycles. The first-order valence-corrected chi connectivity index (χ1v) is 5.97. The van der Waals surface area contributed by atoms with E-state index in [0.717, 1.165) is 0 Å². The van der Waals surface area contributed by atoms with Crippen molar-refractivity contribution in [1.29, 1.82) is 0 Å².